The van der Waals surface area contributed by atoms with Crippen LogP contribution in [0.5, 0.6) is 0 Å². The molecule has 2 aromatic rings. The van der Waals surface area contributed by atoms with Crippen molar-refractivity contribution < 1.29 is 0 Å². The summed E-state index contributed by atoms with van der Waals surface area (Å²) < 4.78 is 0. The van der Waals surface area contributed by atoms with Crippen molar-refractivity contribution in [2.45, 2.75) is 19.3 Å². The molecule has 72 valence electrons. The minimum Gasteiger partial charge on any atom is -0.342 e. The Morgan fingerprint density at radius 1 is 1.36 bits per heavy atom. The van der Waals surface area contributed by atoms with Gasteiger partial charge >= 0.3 is 0 Å². The van der Waals surface area contributed by atoms with Gasteiger partial charge in [-0.05, 0) is 25.0 Å². The van der Waals surface area contributed by atoms with Gasteiger partial charge in [-0.2, -0.15) is 0 Å². The van der Waals surface area contributed by atoms with Crippen molar-refractivity contribution in [2.24, 2.45) is 0 Å². The van der Waals surface area contributed by atoms with Crippen LogP contribution in [0.2, 0.25) is 0 Å². The zero-order valence-corrected chi connectivity index (χ0v) is 8.16. The third-order valence-corrected chi connectivity index (χ3v) is 2.26. The molecule has 2 heteroatoms. The Labute approximate surface area is 83.7 Å². The van der Waals surface area contributed by atoms with E-state index in [0.717, 1.165) is 36.1 Å². The topological polar surface area (TPSA) is 28.7 Å². The summed E-state index contributed by atoms with van der Waals surface area (Å²) in [5, 5.41) is 0. The van der Waals surface area contributed by atoms with E-state index in [0.29, 0.717) is 0 Å². The van der Waals surface area contributed by atoms with Crippen LogP contribution in [0, 0.1) is 0 Å². The Hall–Kier alpha value is -1.57. The Morgan fingerprint density at radius 3 is 3.00 bits per heavy atom. The van der Waals surface area contributed by atoms with E-state index < -0.39 is 0 Å². The first-order chi connectivity index (χ1) is 6.90. The van der Waals surface area contributed by atoms with Gasteiger partial charge in [-0.3, -0.25) is 0 Å². The average Bonchev–Trinajstić information content (AvgIpc) is 2.60. The highest BCUT2D eigenvalue weighted by Gasteiger charge is 2.00. The molecule has 0 atom stereocenters. The van der Waals surface area contributed by atoms with E-state index in [1.807, 2.05) is 24.3 Å². The molecule has 0 saturated carbocycles. The first kappa shape index (κ1) is 9.00. The predicted octanol–water partition coefficient (Wildman–Crippen LogP) is 3.07. The molecule has 1 aromatic heterocycles. The summed E-state index contributed by atoms with van der Waals surface area (Å²) in [7, 11) is 0. The first-order valence-corrected chi connectivity index (χ1v) is 4.94. The molecule has 0 amide bonds. The summed E-state index contributed by atoms with van der Waals surface area (Å²) in [5.74, 6) is 1.08. The fraction of sp³-hybridized carbons (Fsp3) is 0.250. The molecule has 0 radical (unpaired) electrons. The van der Waals surface area contributed by atoms with Crippen LogP contribution < -0.4 is 0 Å². The number of hydrogen-bond donors (Lipinski definition) is 1. The average molecular weight is 186 g/mol. The summed E-state index contributed by atoms with van der Waals surface area (Å²) in [5.41, 5.74) is 2.18. The largest absolute Gasteiger partial charge is 0.342 e. The molecule has 0 fully saturated rings. The third-order valence-electron chi connectivity index (χ3n) is 2.26. The van der Waals surface area contributed by atoms with Crippen molar-refractivity contribution in [1.29, 1.82) is 0 Å². The molecule has 0 aliphatic heterocycles. The van der Waals surface area contributed by atoms with Crippen LogP contribution in [0.1, 0.15) is 18.7 Å². The predicted molar refractivity (Wildman–Crippen MR) is 59.2 cm³/mol. The van der Waals surface area contributed by atoms with Crippen LogP contribution >= 0.6 is 0 Å². The maximum Gasteiger partial charge on any atom is 0.107 e. The van der Waals surface area contributed by atoms with Crippen molar-refractivity contribution in [3.05, 3.63) is 42.7 Å². The molecule has 0 unspecified atom stereocenters. The number of nitrogens with one attached hydrogen (secondary N) is 1. The molecular weight excluding hydrogens is 172 g/mol. The number of rotatable bonds is 4. The fourth-order valence-electron chi connectivity index (χ4n) is 1.54. The SMILES string of the molecule is C=CCCCc1nc2ccccc2[nH]1. The van der Waals surface area contributed by atoms with E-state index >= 15 is 0 Å². The summed E-state index contributed by atoms with van der Waals surface area (Å²) in [6.45, 7) is 3.70. The Morgan fingerprint density at radius 2 is 2.21 bits per heavy atom. The van der Waals surface area contributed by atoms with Crippen molar-refractivity contribution in [3.63, 3.8) is 0 Å². The lowest BCUT2D eigenvalue weighted by Gasteiger charge is -1.91. The van der Waals surface area contributed by atoms with Gasteiger partial charge in [0.2, 0.25) is 0 Å². The van der Waals surface area contributed by atoms with Gasteiger partial charge < -0.3 is 4.98 Å². The van der Waals surface area contributed by atoms with Crippen LogP contribution in [0.15, 0.2) is 36.9 Å². The zero-order chi connectivity index (χ0) is 9.80. The van der Waals surface area contributed by atoms with Gasteiger partial charge in [-0.1, -0.05) is 18.2 Å². The number of para-hydroxylation sites is 2. The molecule has 0 bridgehead atoms. The van der Waals surface area contributed by atoms with Crippen molar-refractivity contribution in [3.8, 4) is 0 Å². The number of fused-ring (bicyclic) bond motifs is 1. The van der Waals surface area contributed by atoms with Crippen molar-refractivity contribution >= 4 is 11.0 Å². The molecule has 0 saturated heterocycles. The van der Waals surface area contributed by atoms with Crippen LogP contribution in [0.25, 0.3) is 11.0 Å². The molecule has 14 heavy (non-hydrogen) atoms. The quantitative estimate of drug-likeness (QED) is 0.577. The molecular formula is C12H14N2. The summed E-state index contributed by atoms with van der Waals surface area (Å²) in [4.78, 5) is 7.80. The lowest BCUT2D eigenvalue weighted by Crippen LogP contribution is -1.86. The maximum absolute atomic E-state index is 4.49. The second kappa shape index (κ2) is 4.09. The molecule has 1 aromatic carbocycles. The van der Waals surface area contributed by atoms with E-state index in [-0.39, 0.29) is 0 Å². The number of unbranched alkanes of at least 4 members (excludes halogenated alkanes) is 1. The normalized spacial score (nSPS) is 10.6. The number of aryl methyl sites for hydroxylation is 1. The van der Waals surface area contributed by atoms with Gasteiger partial charge in [0.1, 0.15) is 5.82 Å². The van der Waals surface area contributed by atoms with E-state index in [4.69, 9.17) is 0 Å². The number of imidazole rings is 1. The van der Waals surface area contributed by atoms with E-state index in [1.165, 1.54) is 0 Å². The number of nitrogens with zero attached hydrogens (tertiary/aromatic N) is 1. The van der Waals surface area contributed by atoms with Gasteiger partial charge in [0, 0.05) is 6.42 Å². The van der Waals surface area contributed by atoms with Gasteiger partial charge in [-0.15, -0.1) is 6.58 Å². The summed E-state index contributed by atoms with van der Waals surface area (Å²) in [6.07, 6.45) is 5.11. The second-order valence-electron chi connectivity index (χ2n) is 3.38. The number of H-pyrrole nitrogens is 1. The number of aromatic amines is 1. The Bertz CT molecular complexity index is 396. The van der Waals surface area contributed by atoms with E-state index in [2.05, 4.69) is 22.6 Å². The number of benzene rings is 1. The molecule has 1 heterocycles. The minimum atomic E-state index is 1.00. The van der Waals surface area contributed by atoms with Crippen LogP contribution in [0.3, 0.4) is 0 Å². The highest BCUT2D eigenvalue weighted by Crippen LogP contribution is 2.11. The van der Waals surface area contributed by atoms with Crippen molar-refractivity contribution in [1.82, 2.24) is 9.97 Å². The number of aromatic nitrogens is 2. The molecule has 0 aliphatic rings. The smallest absolute Gasteiger partial charge is 0.107 e. The second-order valence-corrected chi connectivity index (χ2v) is 3.38. The van der Waals surface area contributed by atoms with Gasteiger partial charge in [0.25, 0.3) is 0 Å². The molecule has 0 spiro atoms. The molecule has 2 nitrogen and oxygen atoms in total. The standard InChI is InChI=1S/C12H14N2/c1-2-3-4-9-12-13-10-7-5-6-8-11(10)14-12/h2,5-8H,1,3-4,9H2,(H,13,14). The summed E-state index contributed by atoms with van der Waals surface area (Å²) >= 11 is 0. The van der Waals surface area contributed by atoms with Gasteiger partial charge in [0.05, 0.1) is 11.0 Å². The third kappa shape index (κ3) is 1.84. The number of hydrogen-bond acceptors (Lipinski definition) is 1. The fourth-order valence-corrected chi connectivity index (χ4v) is 1.54. The Balaban J connectivity index is 2.14. The Kier molecular flexibility index (Phi) is 2.63. The molecule has 0 aliphatic carbocycles. The highest BCUT2D eigenvalue weighted by molar-refractivity contribution is 5.74. The van der Waals surface area contributed by atoms with E-state index in [9.17, 15) is 0 Å². The van der Waals surface area contributed by atoms with Crippen LogP contribution in [0.4, 0.5) is 0 Å². The maximum atomic E-state index is 4.49. The van der Waals surface area contributed by atoms with Gasteiger partial charge in [0.15, 0.2) is 0 Å². The lowest BCUT2D eigenvalue weighted by molar-refractivity contribution is 0.804. The van der Waals surface area contributed by atoms with Crippen molar-refractivity contribution in [2.75, 3.05) is 0 Å². The first-order valence-electron chi connectivity index (χ1n) is 4.94. The van der Waals surface area contributed by atoms with E-state index in [1.54, 1.807) is 0 Å². The monoisotopic (exact) mass is 186 g/mol. The highest BCUT2D eigenvalue weighted by atomic mass is 14.9. The number of allylic oxidation sites excluding steroid dienone is 1. The molecule has 2 rings (SSSR count). The summed E-state index contributed by atoms with van der Waals surface area (Å²) in [6, 6.07) is 8.12. The lowest BCUT2D eigenvalue weighted by atomic mass is 10.2. The van der Waals surface area contributed by atoms with Gasteiger partial charge in [-0.25, -0.2) is 4.98 Å². The van der Waals surface area contributed by atoms with Crippen LogP contribution in [-0.4, -0.2) is 9.97 Å². The minimum absolute atomic E-state index is 1.00. The van der Waals surface area contributed by atoms with Crippen LogP contribution in [-0.2, 0) is 6.42 Å². The molecule has 1 N–H and O–H groups in total. The zero-order valence-electron chi connectivity index (χ0n) is 8.16.